The minimum absolute atomic E-state index is 0.0487. The maximum Gasteiger partial charge on any atom is 0.216 e. The average molecular weight is 266 g/mol. The van der Waals surface area contributed by atoms with E-state index in [2.05, 4.69) is 5.32 Å². The summed E-state index contributed by atoms with van der Waals surface area (Å²) >= 11 is 0. The molecule has 0 aromatic rings. The van der Waals surface area contributed by atoms with E-state index in [9.17, 15) is 8.42 Å². The molecule has 6 nitrogen and oxygen atoms in total. The Kier molecular flexibility index (Phi) is 6.35. The molecule has 1 aliphatic heterocycles. The molecular weight excluding hydrogens is 244 g/mol. The van der Waals surface area contributed by atoms with E-state index in [-0.39, 0.29) is 18.5 Å². The maximum absolute atomic E-state index is 12.0. The lowest BCUT2D eigenvalue weighted by atomic mass is 10.3. The van der Waals surface area contributed by atoms with Crippen molar-refractivity contribution in [3.8, 4) is 0 Å². The van der Waals surface area contributed by atoms with Gasteiger partial charge in [0.05, 0.1) is 25.1 Å². The molecule has 0 saturated carbocycles. The van der Waals surface area contributed by atoms with E-state index in [0.717, 1.165) is 0 Å². The molecule has 0 bridgehead atoms. The van der Waals surface area contributed by atoms with Crippen LogP contribution in [0.3, 0.4) is 0 Å². The molecule has 0 aromatic carbocycles. The summed E-state index contributed by atoms with van der Waals surface area (Å²) in [6.45, 7) is 4.64. The van der Waals surface area contributed by atoms with Gasteiger partial charge >= 0.3 is 0 Å². The smallest absolute Gasteiger partial charge is 0.216 e. The summed E-state index contributed by atoms with van der Waals surface area (Å²) in [6, 6.07) is 0. The van der Waals surface area contributed by atoms with Crippen LogP contribution in [0.25, 0.3) is 0 Å². The third-order valence-corrected chi connectivity index (χ3v) is 4.42. The number of sulfonamides is 1. The number of ether oxygens (including phenoxy) is 2. The van der Waals surface area contributed by atoms with Crippen LogP contribution >= 0.6 is 0 Å². The first-order valence-corrected chi connectivity index (χ1v) is 7.53. The number of nitrogens with zero attached hydrogens (tertiary/aromatic N) is 1. The van der Waals surface area contributed by atoms with Crippen LogP contribution in [-0.2, 0) is 19.5 Å². The van der Waals surface area contributed by atoms with Gasteiger partial charge in [-0.1, -0.05) is 0 Å². The quantitative estimate of drug-likeness (QED) is 0.616. The summed E-state index contributed by atoms with van der Waals surface area (Å²) in [6.07, 6.45) is -0.0596. The van der Waals surface area contributed by atoms with Crippen LogP contribution in [0.15, 0.2) is 0 Å². The molecule has 17 heavy (non-hydrogen) atoms. The molecule has 0 spiro atoms. The fraction of sp³-hybridized carbons (Fsp3) is 1.00. The van der Waals surface area contributed by atoms with Crippen molar-refractivity contribution in [2.45, 2.75) is 13.0 Å². The second-order valence-electron chi connectivity index (χ2n) is 3.92. The number of hydrogen-bond acceptors (Lipinski definition) is 5. The highest BCUT2D eigenvalue weighted by molar-refractivity contribution is 7.89. The number of nitrogens with one attached hydrogen (secondary N) is 1. The Hall–Kier alpha value is -0.210. The van der Waals surface area contributed by atoms with Crippen molar-refractivity contribution >= 4 is 10.0 Å². The topological polar surface area (TPSA) is 67.9 Å². The van der Waals surface area contributed by atoms with E-state index in [0.29, 0.717) is 32.8 Å². The first kappa shape index (κ1) is 14.8. The van der Waals surface area contributed by atoms with Gasteiger partial charge in [0, 0.05) is 26.2 Å². The predicted octanol–water partition coefficient (Wildman–Crippen LogP) is -0.727. The summed E-state index contributed by atoms with van der Waals surface area (Å²) in [7, 11) is -1.38. The van der Waals surface area contributed by atoms with Crippen LogP contribution in [0.4, 0.5) is 0 Å². The van der Waals surface area contributed by atoms with Crippen molar-refractivity contribution in [1.29, 1.82) is 0 Å². The van der Waals surface area contributed by atoms with E-state index < -0.39 is 10.0 Å². The van der Waals surface area contributed by atoms with E-state index in [1.807, 2.05) is 14.0 Å². The lowest BCUT2D eigenvalue weighted by molar-refractivity contribution is 0.000636. The first-order valence-electron chi connectivity index (χ1n) is 5.92. The Bertz CT molecular complexity index is 305. The molecule has 1 N–H and O–H groups in total. The maximum atomic E-state index is 12.0. The lowest BCUT2D eigenvalue weighted by Crippen LogP contribution is -2.49. The Balaban J connectivity index is 2.46. The number of rotatable bonds is 7. The molecule has 0 aromatic heterocycles. The molecule has 1 atom stereocenters. The molecule has 1 aliphatic rings. The average Bonchev–Trinajstić information content (AvgIpc) is 2.30. The predicted molar refractivity (Wildman–Crippen MR) is 65.5 cm³/mol. The van der Waals surface area contributed by atoms with Crippen molar-refractivity contribution in [2.75, 3.05) is 52.3 Å². The molecule has 0 radical (unpaired) electrons. The highest BCUT2D eigenvalue weighted by atomic mass is 32.2. The fourth-order valence-corrected chi connectivity index (χ4v) is 3.07. The molecule has 102 valence electrons. The second kappa shape index (κ2) is 7.27. The Labute approximate surface area is 103 Å². The summed E-state index contributed by atoms with van der Waals surface area (Å²) in [5.41, 5.74) is 0. The van der Waals surface area contributed by atoms with Crippen LogP contribution in [0.1, 0.15) is 6.92 Å². The lowest BCUT2D eigenvalue weighted by Gasteiger charge is -2.32. The van der Waals surface area contributed by atoms with Gasteiger partial charge in [-0.3, -0.25) is 0 Å². The van der Waals surface area contributed by atoms with Crippen molar-refractivity contribution in [3.63, 3.8) is 0 Å². The highest BCUT2D eigenvalue weighted by Crippen LogP contribution is 2.10. The van der Waals surface area contributed by atoms with E-state index in [1.54, 1.807) is 0 Å². The first-order chi connectivity index (χ1) is 8.10. The molecule has 1 fully saturated rings. The molecule has 1 heterocycles. The third kappa shape index (κ3) is 4.89. The monoisotopic (exact) mass is 266 g/mol. The normalized spacial score (nSPS) is 22.8. The molecular formula is C10H22N2O4S. The van der Waals surface area contributed by atoms with Crippen molar-refractivity contribution in [3.05, 3.63) is 0 Å². The van der Waals surface area contributed by atoms with Gasteiger partial charge in [-0.15, -0.1) is 0 Å². The molecule has 7 heteroatoms. The summed E-state index contributed by atoms with van der Waals surface area (Å²) in [5.74, 6) is 0.0487. The van der Waals surface area contributed by atoms with E-state index >= 15 is 0 Å². The Morgan fingerprint density at radius 3 is 2.94 bits per heavy atom. The fourth-order valence-electron chi connectivity index (χ4n) is 1.73. The van der Waals surface area contributed by atoms with Gasteiger partial charge in [0.15, 0.2) is 0 Å². The van der Waals surface area contributed by atoms with E-state index in [1.165, 1.54) is 4.31 Å². The van der Waals surface area contributed by atoms with Crippen LogP contribution in [0, 0.1) is 0 Å². The summed E-state index contributed by atoms with van der Waals surface area (Å²) in [5, 5.41) is 2.99. The van der Waals surface area contributed by atoms with Crippen molar-refractivity contribution < 1.29 is 17.9 Å². The minimum atomic E-state index is -3.21. The zero-order valence-electron chi connectivity index (χ0n) is 10.5. The van der Waals surface area contributed by atoms with Gasteiger partial charge in [-0.25, -0.2) is 8.42 Å². The van der Waals surface area contributed by atoms with E-state index in [4.69, 9.17) is 9.47 Å². The minimum Gasteiger partial charge on any atom is -0.381 e. The Morgan fingerprint density at radius 1 is 1.53 bits per heavy atom. The van der Waals surface area contributed by atoms with Gasteiger partial charge in [0.2, 0.25) is 10.0 Å². The van der Waals surface area contributed by atoms with Crippen LogP contribution < -0.4 is 5.32 Å². The number of hydrogen-bond donors (Lipinski definition) is 1. The largest absolute Gasteiger partial charge is 0.381 e. The third-order valence-electron chi connectivity index (χ3n) is 2.62. The van der Waals surface area contributed by atoms with Gasteiger partial charge < -0.3 is 14.8 Å². The molecule has 1 rings (SSSR count). The standard InChI is InChI=1S/C10H22N2O4S/c1-3-15-6-7-17(13,14)12-4-5-16-10(9-12)8-11-2/h10-11H,3-9H2,1-2H3. The van der Waals surface area contributed by atoms with Crippen LogP contribution in [-0.4, -0.2) is 71.1 Å². The van der Waals surface area contributed by atoms with Gasteiger partial charge in [-0.05, 0) is 14.0 Å². The van der Waals surface area contributed by atoms with Crippen LogP contribution in [0.5, 0.6) is 0 Å². The molecule has 0 amide bonds. The van der Waals surface area contributed by atoms with Crippen LogP contribution in [0.2, 0.25) is 0 Å². The number of morpholine rings is 1. The second-order valence-corrected chi connectivity index (χ2v) is 6.01. The SMILES string of the molecule is CCOCCS(=O)(=O)N1CCOC(CNC)C1. The highest BCUT2D eigenvalue weighted by Gasteiger charge is 2.28. The van der Waals surface area contributed by atoms with Gasteiger partial charge in [0.1, 0.15) is 0 Å². The number of likely N-dealkylation sites (N-methyl/N-ethyl adjacent to an activating group) is 1. The molecule has 0 aliphatic carbocycles. The zero-order valence-corrected chi connectivity index (χ0v) is 11.3. The summed E-state index contributed by atoms with van der Waals surface area (Å²) in [4.78, 5) is 0. The van der Waals surface area contributed by atoms with Gasteiger partial charge in [0.25, 0.3) is 0 Å². The van der Waals surface area contributed by atoms with Gasteiger partial charge in [-0.2, -0.15) is 4.31 Å². The zero-order chi connectivity index (χ0) is 12.7. The molecule has 1 saturated heterocycles. The van der Waals surface area contributed by atoms with Crippen molar-refractivity contribution in [2.24, 2.45) is 0 Å². The van der Waals surface area contributed by atoms with Crippen molar-refractivity contribution in [1.82, 2.24) is 9.62 Å². The molecule has 1 unspecified atom stereocenters. The Morgan fingerprint density at radius 2 is 2.29 bits per heavy atom. The summed E-state index contributed by atoms with van der Waals surface area (Å²) < 4.78 is 36.0.